The van der Waals surface area contributed by atoms with E-state index in [1.54, 1.807) is 42.5 Å². The van der Waals surface area contributed by atoms with Crippen LogP contribution in [0.2, 0.25) is 0 Å². The van der Waals surface area contributed by atoms with Crippen LogP contribution in [0.15, 0.2) is 48.5 Å². The van der Waals surface area contributed by atoms with Crippen molar-refractivity contribution in [3.05, 3.63) is 54.1 Å². The fourth-order valence-electron chi connectivity index (χ4n) is 4.21. The van der Waals surface area contributed by atoms with Gasteiger partial charge in [-0.05, 0) is 36.4 Å². The van der Waals surface area contributed by atoms with Crippen LogP contribution in [0.3, 0.4) is 0 Å². The number of carbonyl (C=O) groups is 3. The van der Waals surface area contributed by atoms with Crippen LogP contribution in [0.5, 0.6) is 11.5 Å². The Balaban J connectivity index is 1.76. The van der Waals surface area contributed by atoms with Crippen LogP contribution in [0.4, 0.5) is 5.69 Å². The Labute approximate surface area is 160 Å². The molecule has 4 rings (SSSR count). The summed E-state index contributed by atoms with van der Waals surface area (Å²) in [5.41, 5.74) is 0.761. The summed E-state index contributed by atoms with van der Waals surface area (Å²) >= 11 is 0. The van der Waals surface area contributed by atoms with Gasteiger partial charge in [-0.1, -0.05) is 12.1 Å². The third-order valence-electron chi connectivity index (χ3n) is 5.49. The molecule has 2 saturated heterocycles. The Morgan fingerprint density at radius 3 is 2.32 bits per heavy atom. The standard InChI is InChI=1S/C20H18N2O6/c1-28-11-8-6-10(7-9-11)22-18(24)14-15(19(22)25)17(20(26)27)21-16(14)12-4-2-3-5-13(12)23/h2-9,14-17,21,23H,1H3,(H,26,27)/t14-,15-,16-,17+/m1/s1. The minimum atomic E-state index is -1.41. The normalized spacial score (nSPS) is 26.4. The summed E-state index contributed by atoms with van der Waals surface area (Å²) in [6.07, 6.45) is 0. The topological polar surface area (TPSA) is 124 Å². The molecule has 2 aliphatic rings. The molecule has 0 saturated carbocycles. The number of methoxy groups -OCH3 is 1. The minimum Gasteiger partial charge on any atom is -0.544 e. The summed E-state index contributed by atoms with van der Waals surface area (Å²) in [6, 6.07) is 10.9. The maximum atomic E-state index is 13.2. The molecule has 2 amide bonds. The van der Waals surface area contributed by atoms with E-state index in [-0.39, 0.29) is 5.75 Å². The van der Waals surface area contributed by atoms with Crippen LogP contribution in [0.25, 0.3) is 0 Å². The van der Waals surface area contributed by atoms with Gasteiger partial charge in [-0.2, -0.15) is 0 Å². The van der Waals surface area contributed by atoms with E-state index in [0.29, 0.717) is 17.0 Å². The van der Waals surface area contributed by atoms with Gasteiger partial charge in [0.15, 0.2) is 0 Å². The summed E-state index contributed by atoms with van der Waals surface area (Å²) < 4.78 is 5.09. The fourth-order valence-corrected chi connectivity index (χ4v) is 4.21. The van der Waals surface area contributed by atoms with Crippen molar-refractivity contribution < 1.29 is 34.7 Å². The zero-order valence-electron chi connectivity index (χ0n) is 14.9. The van der Waals surface area contributed by atoms with E-state index in [1.807, 2.05) is 0 Å². The van der Waals surface area contributed by atoms with E-state index in [0.717, 1.165) is 4.90 Å². The molecule has 0 radical (unpaired) electrons. The Kier molecular flexibility index (Phi) is 4.27. The largest absolute Gasteiger partial charge is 0.544 e. The quantitative estimate of drug-likeness (QED) is 0.650. The molecule has 0 bridgehead atoms. The molecule has 4 atom stereocenters. The Bertz CT molecular complexity index is 957. The van der Waals surface area contributed by atoms with Crippen LogP contribution in [0.1, 0.15) is 11.6 Å². The molecule has 0 unspecified atom stereocenters. The molecule has 28 heavy (non-hydrogen) atoms. The van der Waals surface area contributed by atoms with E-state index >= 15 is 0 Å². The summed E-state index contributed by atoms with van der Waals surface area (Å²) in [6.45, 7) is 0. The number of carbonyl (C=O) groups excluding carboxylic acids is 3. The number of para-hydroxylation sites is 1. The lowest BCUT2D eigenvalue weighted by atomic mass is 9.86. The fraction of sp³-hybridized carbons (Fsp3) is 0.250. The highest BCUT2D eigenvalue weighted by Crippen LogP contribution is 2.43. The number of carboxylic acids is 1. The number of aliphatic carboxylic acids is 1. The number of quaternary nitrogens is 1. The van der Waals surface area contributed by atoms with Crippen molar-refractivity contribution in [2.45, 2.75) is 12.1 Å². The number of rotatable bonds is 4. The summed E-state index contributed by atoms with van der Waals surface area (Å²) in [4.78, 5) is 38.9. The monoisotopic (exact) mass is 382 g/mol. The van der Waals surface area contributed by atoms with Crippen LogP contribution in [-0.4, -0.2) is 36.0 Å². The highest BCUT2D eigenvalue weighted by molar-refractivity contribution is 6.23. The van der Waals surface area contributed by atoms with Gasteiger partial charge >= 0.3 is 0 Å². The van der Waals surface area contributed by atoms with Gasteiger partial charge < -0.3 is 25.1 Å². The number of amides is 2. The first kappa shape index (κ1) is 18.0. The van der Waals surface area contributed by atoms with Crippen molar-refractivity contribution in [3.8, 4) is 11.5 Å². The number of benzene rings is 2. The number of phenolic OH excluding ortho intramolecular Hbond substituents is 1. The zero-order chi connectivity index (χ0) is 20.0. The van der Waals surface area contributed by atoms with Gasteiger partial charge in [-0.25, -0.2) is 4.90 Å². The number of imide groups is 1. The summed E-state index contributed by atoms with van der Waals surface area (Å²) in [5.74, 6) is -3.95. The number of nitrogens with zero attached hydrogens (tertiary/aromatic N) is 1. The van der Waals surface area contributed by atoms with Gasteiger partial charge in [0.05, 0.1) is 18.4 Å². The molecule has 2 aliphatic heterocycles. The first-order chi connectivity index (χ1) is 13.4. The Hall–Kier alpha value is -3.39. The lowest BCUT2D eigenvalue weighted by molar-refractivity contribution is -0.705. The first-order valence-electron chi connectivity index (χ1n) is 8.79. The van der Waals surface area contributed by atoms with Crippen LogP contribution >= 0.6 is 0 Å². The maximum absolute atomic E-state index is 13.2. The molecule has 0 spiro atoms. The average Bonchev–Trinajstić information content (AvgIpc) is 3.20. The average molecular weight is 382 g/mol. The third kappa shape index (κ3) is 2.61. The van der Waals surface area contributed by atoms with Gasteiger partial charge in [0.1, 0.15) is 41.4 Å². The number of hydrogen-bond acceptors (Lipinski definition) is 6. The van der Waals surface area contributed by atoms with Crippen molar-refractivity contribution in [3.63, 3.8) is 0 Å². The summed E-state index contributed by atoms with van der Waals surface area (Å²) in [5, 5.41) is 23.3. The zero-order valence-corrected chi connectivity index (χ0v) is 14.9. The van der Waals surface area contributed by atoms with Crippen LogP contribution in [0, 0.1) is 11.8 Å². The molecule has 2 aromatic rings. The maximum Gasteiger partial charge on any atom is 0.244 e. The smallest absolute Gasteiger partial charge is 0.244 e. The highest BCUT2D eigenvalue weighted by atomic mass is 16.5. The molecule has 2 fully saturated rings. The van der Waals surface area contributed by atoms with Gasteiger partial charge in [0.25, 0.3) is 0 Å². The van der Waals surface area contributed by atoms with E-state index in [1.165, 1.54) is 18.5 Å². The Morgan fingerprint density at radius 1 is 1.07 bits per heavy atom. The first-order valence-corrected chi connectivity index (χ1v) is 8.79. The number of carboxylic acid groups (broad SMARTS) is 1. The number of fused-ring (bicyclic) bond motifs is 1. The summed E-state index contributed by atoms with van der Waals surface area (Å²) in [7, 11) is 1.50. The van der Waals surface area contributed by atoms with E-state index in [4.69, 9.17) is 4.74 Å². The number of phenols is 1. The number of ether oxygens (including phenoxy) is 1. The van der Waals surface area contributed by atoms with Crippen LogP contribution < -0.4 is 20.1 Å². The van der Waals surface area contributed by atoms with Crippen molar-refractivity contribution in [1.29, 1.82) is 0 Å². The minimum absolute atomic E-state index is 0.0513. The Morgan fingerprint density at radius 2 is 1.71 bits per heavy atom. The lowest BCUT2D eigenvalue weighted by Gasteiger charge is -2.21. The SMILES string of the molecule is COc1ccc(N2C(=O)[C@@H]3[C@@H](C2=O)[C@@H](c2ccccc2O)[NH2+][C@@H]3C(=O)[O-])cc1. The molecule has 8 heteroatoms. The molecule has 3 N–H and O–H groups in total. The van der Waals surface area contributed by atoms with Gasteiger partial charge in [-0.3, -0.25) is 9.59 Å². The number of hydrogen-bond donors (Lipinski definition) is 2. The molecule has 0 aliphatic carbocycles. The molecule has 144 valence electrons. The van der Waals surface area contributed by atoms with Crippen LogP contribution in [-0.2, 0) is 14.4 Å². The van der Waals surface area contributed by atoms with Gasteiger partial charge in [-0.15, -0.1) is 0 Å². The van der Waals surface area contributed by atoms with Gasteiger partial charge in [0, 0.05) is 0 Å². The van der Waals surface area contributed by atoms with Crippen molar-refractivity contribution in [1.82, 2.24) is 0 Å². The van der Waals surface area contributed by atoms with E-state index < -0.39 is 41.7 Å². The van der Waals surface area contributed by atoms with E-state index in [2.05, 4.69) is 0 Å². The number of anilines is 1. The van der Waals surface area contributed by atoms with Crippen molar-refractivity contribution in [2.24, 2.45) is 11.8 Å². The molecule has 0 aromatic heterocycles. The number of aromatic hydroxyl groups is 1. The van der Waals surface area contributed by atoms with E-state index in [9.17, 15) is 24.6 Å². The number of nitrogens with two attached hydrogens (primary N) is 1. The van der Waals surface area contributed by atoms with Crippen molar-refractivity contribution in [2.75, 3.05) is 12.0 Å². The second-order valence-corrected chi connectivity index (χ2v) is 6.88. The predicted molar refractivity (Wildman–Crippen MR) is 94.0 cm³/mol. The molecule has 2 aromatic carbocycles. The van der Waals surface area contributed by atoms with Crippen molar-refractivity contribution >= 4 is 23.5 Å². The molecule has 2 heterocycles. The molecular formula is C20H18N2O6. The third-order valence-corrected chi connectivity index (χ3v) is 5.49. The lowest BCUT2D eigenvalue weighted by Crippen LogP contribution is -2.92. The second-order valence-electron chi connectivity index (χ2n) is 6.88. The van der Waals surface area contributed by atoms with Gasteiger partial charge in [0.2, 0.25) is 11.8 Å². The predicted octanol–water partition coefficient (Wildman–Crippen LogP) is -1.06. The highest BCUT2D eigenvalue weighted by Gasteiger charge is 2.63. The molecular weight excluding hydrogens is 364 g/mol. The molecule has 8 nitrogen and oxygen atoms in total. The second kappa shape index (κ2) is 6.65.